The van der Waals surface area contributed by atoms with Crippen molar-refractivity contribution in [3.8, 4) is 0 Å². The van der Waals surface area contributed by atoms with Gasteiger partial charge in [0.2, 0.25) is 0 Å². The van der Waals surface area contributed by atoms with Crippen LogP contribution in [0.15, 0.2) is 36.4 Å². The van der Waals surface area contributed by atoms with E-state index in [-0.39, 0.29) is 5.41 Å². The Kier molecular flexibility index (Phi) is 2.07. The second-order valence-corrected chi connectivity index (χ2v) is 6.57. The van der Waals surface area contributed by atoms with Gasteiger partial charge in [-0.05, 0) is 24.3 Å². The van der Waals surface area contributed by atoms with Gasteiger partial charge < -0.3 is 0 Å². The molecule has 0 saturated heterocycles. The molecule has 0 radical (unpaired) electrons. The highest BCUT2D eigenvalue weighted by Crippen LogP contribution is 2.33. The van der Waals surface area contributed by atoms with Gasteiger partial charge in [0, 0.05) is 5.41 Å². The molecule has 0 aliphatic heterocycles. The minimum Gasteiger partial charge on any atom is -0.283 e. The number of thiazole rings is 1. The van der Waals surface area contributed by atoms with E-state index in [1.807, 2.05) is 0 Å². The van der Waals surface area contributed by atoms with Crippen molar-refractivity contribution in [3.05, 3.63) is 47.8 Å². The summed E-state index contributed by atoms with van der Waals surface area (Å²) in [6.45, 7) is 4.42. The zero-order chi connectivity index (χ0) is 13.0. The first-order valence-corrected chi connectivity index (χ1v) is 7.24. The van der Waals surface area contributed by atoms with Crippen LogP contribution >= 0.6 is 11.3 Å². The molecule has 0 amide bonds. The maximum absolute atomic E-state index is 4.76. The first-order valence-electron chi connectivity index (χ1n) is 6.42. The van der Waals surface area contributed by atoms with Crippen molar-refractivity contribution in [2.24, 2.45) is 5.41 Å². The third-order valence-corrected chi connectivity index (χ3v) is 4.58. The molecule has 1 aliphatic carbocycles. The normalized spacial score (nSPS) is 16.9. The molecule has 19 heavy (non-hydrogen) atoms. The Morgan fingerprint density at radius 3 is 2.79 bits per heavy atom. The lowest BCUT2D eigenvalue weighted by Gasteiger charge is -2.12. The summed E-state index contributed by atoms with van der Waals surface area (Å²) in [5.41, 5.74) is 3.59. The van der Waals surface area contributed by atoms with Crippen LogP contribution in [0.2, 0.25) is 0 Å². The van der Waals surface area contributed by atoms with Crippen LogP contribution in [0.5, 0.6) is 0 Å². The van der Waals surface area contributed by atoms with E-state index >= 15 is 0 Å². The van der Waals surface area contributed by atoms with Crippen molar-refractivity contribution in [3.63, 3.8) is 0 Å². The monoisotopic (exact) mass is 266 g/mol. The SMILES string of the molecule is CC1(C)C=Cc2nc3sc4ccccc4n3c2C=C1. The Morgan fingerprint density at radius 1 is 1.11 bits per heavy atom. The van der Waals surface area contributed by atoms with Gasteiger partial charge in [-0.25, -0.2) is 4.98 Å². The van der Waals surface area contributed by atoms with Gasteiger partial charge in [0.25, 0.3) is 0 Å². The largest absolute Gasteiger partial charge is 0.283 e. The zero-order valence-corrected chi connectivity index (χ0v) is 11.7. The highest BCUT2D eigenvalue weighted by atomic mass is 32.1. The maximum atomic E-state index is 4.76. The highest BCUT2D eigenvalue weighted by Gasteiger charge is 2.18. The van der Waals surface area contributed by atoms with Crippen LogP contribution in [0, 0.1) is 5.41 Å². The van der Waals surface area contributed by atoms with Crippen LogP contribution in [-0.4, -0.2) is 9.38 Å². The van der Waals surface area contributed by atoms with Gasteiger partial charge in [-0.15, -0.1) is 0 Å². The summed E-state index contributed by atoms with van der Waals surface area (Å²) in [6.07, 6.45) is 8.81. The molecule has 94 valence electrons. The summed E-state index contributed by atoms with van der Waals surface area (Å²) in [5.74, 6) is 0. The topological polar surface area (TPSA) is 17.3 Å². The number of allylic oxidation sites excluding steroid dienone is 2. The van der Waals surface area contributed by atoms with Crippen molar-refractivity contribution in [2.75, 3.05) is 0 Å². The van der Waals surface area contributed by atoms with Gasteiger partial charge in [-0.3, -0.25) is 4.40 Å². The van der Waals surface area contributed by atoms with Crippen molar-refractivity contribution < 1.29 is 0 Å². The fourth-order valence-corrected chi connectivity index (χ4v) is 3.52. The molecule has 0 bridgehead atoms. The summed E-state index contributed by atoms with van der Waals surface area (Å²) in [6, 6.07) is 8.48. The average Bonchev–Trinajstić information content (AvgIpc) is 2.85. The highest BCUT2D eigenvalue weighted by molar-refractivity contribution is 7.23. The van der Waals surface area contributed by atoms with E-state index in [0.29, 0.717) is 0 Å². The van der Waals surface area contributed by atoms with E-state index in [4.69, 9.17) is 4.98 Å². The van der Waals surface area contributed by atoms with Gasteiger partial charge in [-0.2, -0.15) is 0 Å². The standard InChI is InChI=1S/C16H14N2S/c1-16(2)9-7-11-12(8-10-16)18-13-5-3-4-6-14(13)19-15(18)17-11/h3-10H,1-2H3. The van der Waals surface area contributed by atoms with Gasteiger partial charge in [0.15, 0.2) is 4.96 Å². The molecule has 4 rings (SSSR count). The van der Waals surface area contributed by atoms with Crippen LogP contribution in [-0.2, 0) is 0 Å². The molecular weight excluding hydrogens is 252 g/mol. The lowest BCUT2D eigenvalue weighted by molar-refractivity contribution is 0.633. The van der Waals surface area contributed by atoms with E-state index < -0.39 is 0 Å². The van der Waals surface area contributed by atoms with Gasteiger partial charge in [0.05, 0.1) is 21.6 Å². The Balaban J connectivity index is 2.11. The molecule has 1 aliphatic rings. The Morgan fingerprint density at radius 2 is 1.89 bits per heavy atom. The fraction of sp³-hybridized carbons (Fsp3) is 0.188. The first-order chi connectivity index (χ1) is 9.14. The van der Waals surface area contributed by atoms with Gasteiger partial charge in [-0.1, -0.05) is 49.5 Å². The Bertz CT molecular complexity index is 846. The number of benzene rings is 1. The number of nitrogens with zero attached hydrogens (tertiary/aromatic N) is 2. The van der Waals surface area contributed by atoms with Crippen molar-refractivity contribution in [2.45, 2.75) is 13.8 Å². The number of aromatic nitrogens is 2. The first kappa shape index (κ1) is 11.0. The molecule has 2 nitrogen and oxygen atoms in total. The van der Waals surface area contributed by atoms with E-state index in [2.05, 4.69) is 66.8 Å². The van der Waals surface area contributed by atoms with Crippen LogP contribution in [0.25, 0.3) is 27.3 Å². The second kappa shape index (κ2) is 3.58. The molecule has 0 unspecified atom stereocenters. The third kappa shape index (κ3) is 1.58. The van der Waals surface area contributed by atoms with Crippen LogP contribution < -0.4 is 0 Å². The summed E-state index contributed by atoms with van der Waals surface area (Å²) in [5, 5.41) is 0. The molecule has 3 aromatic rings. The van der Waals surface area contributed by atoms with Gasteiger partial charge in [0.1, 0.15) is 0 Å². The minimum atomic E-state index is 0.0897. The molecule has 2 aromatic heterocycles. The van der Waals surface area contributed by atoms with Crippen molar-refractivity contribution in [1.82, 2.24) is 9.38 Å². The maximum Gasteiger partial charge on any atom is 0.195 e. The number of rotatable bonds is 0. The molecule has 3 heteroatoms. The summed E-state index contributed by atoms with van der Waals surface area (Å²) in [7, 11) is 0. The van der Waals surface area contributed by atoms with Gasteiger partial charge >= 0.3 is 0 Å². The predicted octanol–water partition coefficient (Wildman–Crippen LogP) is 4.62. The lowest BCUT2D eigenvalue weighted by atomic mass is 9.93. The van der Waals surface area contributed by atoms with E-state index in [1.165, 1.54) is 15.9 Å². The molecule has 0 N–H and O–H groups in total. The van der Waals surface area contributed by atoms with Crippen molar-refractivity contribution in [1.29, 1.82) is 0 Å². The number of para-hydroxylation sites is 1. The third-order valence-electron chi connectivity index (χ3n) is 3.56. The number of imidazole rings is 1. The smallest absolute Gasteiger partial charge is 0.195 e. The zero-order valence-electron chi connectivity index (χ0n) is 10.9. The van der Waals surface area contributed by atoms with Crippen LogP contribution in [0.1, 0.15) is 25.2 Å². The van der Waals surface area contributed by atoms with Crippen molar-refractivity contribution >= 4 is 38.7 Å². The number of hydrogen-bond acceptors (Lipinski definition) is 2. The predicted molar refractivity (Wildman–Crippen MR) is 82.4 cm³/mol. The van der Waals surface area contributed by atoms with Crippen LogP contribution in [0.4, 0.5) is 0 Å². The Labute approximate surface area is 115 Å². The molecule has 2 heterocycles. The van der Waals surface area contributed by atoms with E-state index in [0.717, 1.165) is 10.7 Å². The average molecular weight is 266 g/mol. The molecule has 0 spiro atoms. The lowest BCUT2D eigenvalue weighted by Crippen LogP contribution is -2.00. The number of hydrogen-bond donors (Lipinski definition) is 0. The van der Waals surface area contributed by atoms with E-state index in [9.17, 15) is 0 Å². The molecule has 0 fully saturated rings. The summed E-state index contributed by atoms with van der Waals surface area (Å²) in [4.78, 5) is 5.83. The molecule has 1 aromatic carbocycles. The van der Waals surface area contributed by atoms with E-state index in [1.54, 1.807) is 11.3 Å². The minimum absolute atomic E-state index is 0.0897. The van der Waals surface area contributed by atoms with Crippen LogP contribution in [0.3, 0.4) is 0 Å². The fourth-order valence-electron chi connectivity index (χ4n) is 2.48. The molecule has 0 saturated carbocycles. The summed E-state index contributed by atoms with van der Waals surface area (Å²) < 4.78 is 3.55. The summed E-state index contributed by atoms with van der Waals surface area (Å²) >= 11 is 1.75. The quantitative estimate of drug-likeness (QED) is 0.580. The number of fused-ring (bicyclic) bond motifs is 5. The Hall–Kier alpha value is -1.87. The molecular formula is C16H14N2S. The molecule has 0 atom stereocenters. The second-order valence-electron chi connectivity index (χ2n) is 5.56.